The molecule has 0 fully saturated rings. The van der Waals surface area contributed by atoms with Crippen molar-refractivity contribution < 1.29 is 13.9 Å². The van der Waals surface area contributed by atoms with E-state index in [2.05, 4.69) is 0 Å². The second-order valence-electron chi connectivity index (χ2n) is 3.72. The summed E-state index contributed by atoms with van der Waals surface area (Å²) in [5.41, 5.74) is 5.50. The third-order valence-corrected chi connectivity index (χ3v) is 4.06. The van der Waals surface area contributed by atoms with Gasteiger partial charge in [0.25, 0.3) is 0 Å². The van der Waals surface area contributed by atoms with Crippen molar-refractivity contribution in [3.63, 3.8) is 0 Å². The quantitative estimate of drug-likeness (QED) is 0.512. The van der Waals surface area contributed by atoms with Gasteiger partial charge >= 0.3 is 5.97 Å². The standard InChI is InChI=1S/C12H15ClFNO2S/c1-3-4-10(12(16)17-2)18-11-6-9(15)8(14)5-7(11)13/h5-6,10H,3-4,15H2,1-2H3. The largest absolute Gasteiger partial charge is 0.468 e. The van der Waals surface area contributed by atoms with Gasteiger partial charge in [0.2, 0.25) is 0 Å². The van der Waals surface area contributed by atoms with Gasteiger partial charge in [-0.25, -0.2) is 4.39 Å². The highest BCUT2D eigenvalue weighted by molar-refractivity contribution is 8.00. The molecule has 0 bridgehead atoms. The molecule has 0 amide bonds. The molecule has 0 spiro atoms. The van der Waals surface area contributed by atoms with Crippen LogP contribution >= 0.6 is 23.4 Å². The van der Waals surface area contributed by atoms with Crippen molar-refractivity contribution in [2.45, 2.75) is 29.9 Å². The number of carbonyl (C=O) groups excluding carboxylic acids is 1. The molecule has 6 heteroatoms. The van der Waals surface area contributed by atoms with Crippen LogP contribution in [0.25, 0.3) is 0 Å². The summed E-state index contributed by atoms with van der Waals surface area (Å²) >= 11 is 7.17. The number of nitrogen functional groups attached to an aromatic ring is 1. The van der Waals surface area contributed by atoms with Crippen LogP contribution in [0.4, 0.5) is 10.1 Å². The van der Waals surface area contributed by atoms with E-state index in [0.717, 1.165) is 12.5 Å². The minimum Gasteiger partial charge on any atom is -0.468 e. The van der Waals surface area contributed by atoms with Crippen molar-refractivity contribution in [2.75, 3.05) is 12.8 Å². The predicted octanol–water partition coefficient (Wildman–Crippen LogP) is 3.50. The average molecular weight is 292 g/mol. The van der Waals surface area contributed by atoms with E-state index in [0.29, 0.717) is 11.3 Å². The summed E-state index contributed by atoms with van der Waals surface area (Å²) in [6.45, 7) is 1.97. The molecular formula is C12H15ClFNO2S. The van der Waals surface area contributed by atoms with Gasteiger partial charge in [0.15, 0.2) is 0 Å². The lowest BCUT2D eigenvalue weighted by atomic mass is 10.2. The molecule has 0 saturated carbocycles. The smallest absolute Gasteiger partial charge is 0.319 e. The normalized spacial score (nSPS) is 12.2. The SMILES string of the molecule is CCCC(Sc1cc(N)c(F)cc1Cl)C(=O)OC. The maximum Gasteiger partial charge on any atom is 0.319 e. The van der Waals surface area contributed by atoms with E-state index in [4.69, 9.17) is 22.1 Å². The minimum absolute atomic E-state index is 0.0158. The van der Waals surface area contributed by atoms with Crippen LogP contribution in [-0.2, 0) is 9.53 Å². The number of hydrogen-bond acceptors (Lipinski definition) is 4. The first-order valence-electron chi connectivity index (χ1n) is 5.48. The highest BCUT2D eigenvalue weighted by Crippen LogP contribution is 2.35. The number of carbonyl (C=O) groups is 1. The van der Waals surface area contributed by atoms with Crippen LogP contribution in [-0.4, -0.2) is 18.3 Å². The van der Waals surface area contributed by atoms with Gasteiger partial charge in [-0.1, -0.05) is 24.9 Å². The molecule has 0 aliphatic heterocycles. The van der Waals surface area contributed by atoms with E-state index in [-0.39, 0.29) is 21.9 Å². The maximum atomic E-state index is 13.2. The fourth-order valence-electron chi connectivity index (χ4n) is 1.41. The van der Waals surface area contributed by atoms with Crippen molar-refractivity contribution in [1.82, 2.24) is 0 Å². The number of hydrogen-bond donors (Lipinski definition) is 1. The first kappa shape index (κ1) is 15.1. The van der Waals surface area contributed by atoms with Crippen molar-refractivity contribution in [2.24, 2.45) is 0 Å². The Morgan fingerprint density at radius 2 is 2.28 bits per heavy atom. The van der Waals surface area contributed by atoms with Gasteiger partial charge in [0, 0.05) is 4.90 Å². The zero-order valence-electron chi connectivity index (χ0n) is 10.2. The number of ether oxygens (including phenoxy) is 1. The fourth-order valence-corrected chi connectivity index (χ4v) is 2.91. The molecule has 2 N–H and O–H groups in total. The lowest BCUT2D eigenvalue weighted by molar-refractivity contribution is -0.140. The first-order chi connectivity index (χ1) is 8.49. The Morgan fingerprint density at radius 3 is 2.83 bits per heavy atom. The van der Waals surface area contributed by atoms with E-state index in [1.165, 1.54) is 24.9 Å². The summed E-state index contributed by atoms with van der Waals surface area (Å²) in [5, 5.41) is -0.112. The second kappa shape index (κ2) is 6.85. The summed E-state index contributed by atoms with van der Waals surface area (Å²) in [5.74, 6) is -0.879. The number of nitrogens with two attached hydrogens (primary N) is 1. The first-order valence-corrected chi connectivity index (χ1v) is 6.74. The molecule has 1 aromatic rings. The van der Waals surface area contributed by atoms with Gasteiger partial charge < -0.3 is 10.5 Å². The zero-order valence-corrected chi connectivity index (χ0v) is 11.8. The molecule has 0 aliphatic carbocycles. The molecule has 18 heavy (non-hydrogen) atoms. The predicted molar refractivity (Wildman–Crippen MR) is 72.4 cm³/mol. The van der Waals surface area contributed by atoms with Gasteiger partial charge in [-0.3, -0.25) is 4.79 Å². The lowest BCUT2D eigenvalue weighted by Gasteiger charge is -2.14. The molecule has 1 rings (SSSR count). The van der Waals surface area contributed by atoms with Crippen LogP contribution in [0.3, 0.4) is 0 Å². The van der Waals surface area contributed by atoms with Gasteiger partial charge in [-0.15, -0.1) is 11.8 Å². The van der Waals surface area contributed by atoms with Crippen LogP contribution in [0.2, 0.25) is 5.02 Å². The molecule has 1 atom stereocenters. The van der Waals surface area contributed by atoms with Gasteiger partial charge in [0.05, 0.1) is 17.8 Å². The molecule has 100 valence electrons. The number of halogens is 2. The minimum atomic E-state index is -0.561. The number of thioether (sulfide) groups is 1. The van der Waals surface area contributed by atoms with Crippen LogP contribution in [0.5, 0.6) is 0 Å². The molecule has 0 aliphatic rings. The molecule has 1 aromatic carbocycles. The molecule has 0 radical (unpaired) electrons. The van der Waals surface area contributed by atoms with Crippen LogP contribution in [0.15, 0.2) is 17.0 Å². The van der Waals surface area contributed by atoms with E-state index >= 15 is 0 Å². The monoisotopic (exact) mass is 291 g/mol. The molecule has 0 saturated heterocycles. The molecule has 3 nitrogen and oxygen atoms in total. The maximum absolute atomic E-state index is 13.2. The third-order valence-electron chi connectivity index (χ3n) is 2.34. The van der Waals surface area contributed by atoms with Crippen molar-refractivity contribution in [1.29, 1.82) is 0 Å². The topological polar surface area (TPSA) is 52.3 Å². The lowest BCUT2D eigenvalue weighted by Crippen LogP contribution is -2.18. The van der Waals surface area contributed by atoms with E-state index in [1.54, 1.807) is 0 Å². The van der Waals surface area contributed by atoms with E-state index in [1.807, 2.05) is 6.92 Å². The van der Waals surface area contributed by atoms with E-state index in [9.17, 15) is 9.18 Å². The summed E-state index contributed by atoms with van der Waals surface area (Å²) in [7, 11) is 1.34. The van der Waals surface area contributed by atoms with Crippen LogP contribution in [0.1, 0.15) is 19.8 Å². The Kier molecular flexibility index (Phi) is 5.75. The fraction of sp³-hybridized carbons (Fsp3) is 0.417. The average Bonchev–Trinajstić information content (AvgIpc) is 2.34. The Hall–Kier alpha value is -0.940. The van der Waals surface area contributed by atoms with E-state index < -0.39 is 5.82 Å². The third kappa shape index (κ3) is 3.78. The van der Waals surface area contributed by atoms with Crippen molar-refractivity contribution in [3.8, 4) is 0 Å². The summed E-state index contributed by atoms with van der Waals surface area (Å²) in [6.07, 6.45) is 1.49. The zero-order chi connectivity index (χ0) is 13.7. The second-order valence-corrected chi connectivity index (χ2v) is 5.37. The number of benzene rings is 1. The van der Waals surface area contributed by atoms with Gasteiger partial charge in [0.1, 0.15) is 11.1 Å². The van der Waals surface area contributed by atoms with Gasteiger partial charge in [-0.05, 0) is 18.6 Å². The molecular weight excluding hydrogens is 277 g/mol. The number of anilines is 1. The summed E-state index contributed by atoms with van der Waals surface area (Å²) in [4.78, 5) is 12.2. The molecule has 0 heterocycles. The number of esters is 1. The Morgan fingerprint density at radius 1 is 1.61 bits per heavy atom. The number of methoxy groups -OCH3 is 1. The Balaban J connectivity index is 2.93. The van der Waals surface area contributed by atoms with Crippen LogP contribution < -0.4 is 5.73 Å². The highest BCUT2D eigenvalue weighted by Gasteiger charge is 2.21. The van der Waals surface area contributed by atoms with Crippen LogP contribution in [0, 0.1) is 5.82 Å². The van der Waals surface area contributed by atoms with Crippen molar-refractivity contribution in [3.05, 3.63) is 23.0 Å². The Bertz CT molecular complexity index is 442. The number of rotatable bonds is 5. The molecule has 0 aromatic heterocycles. The summed E-state index contributed by atoms with van der Waals surface area (Å²) in [6, 6.07) is 2.59. The molecule has 1 unspecified atom stereocenters. The van der Waals surface area contributed by atoms with Crippen molar-refractivity contribution >= 4 is 35.0 Å². The highest BCUT2D eigenvalue weighted by atomic mass is 35.5. The van der Waals surface area contributed by atoms with Gasteiger partial charge in [-0.2, -0.15) is 0 Å². The Labute approximate surface area is 115 Å². The summed E-state index contributed by atoms with van der Waals surface area (Å²) < 4.78 is 17.9.